The molecule has 17 heavy (non-hydrogen) atoms. The van der Waals surface area contributed by atoms with Gasteiger partial charge in [0.05, 0.1) is 12.3 Å². The Hall–Kier alpha value is -2.01. The zero-order chi connectivity index (χ0) is 12.8. The van der Waals surface area contributed by atoms with E-state index in [1.165, 1.54) is 25.1 Å². The molecule has 1 aliphatic rings. The van der Waals surface area contributed by atoms with Crippen LogP contribution in [0.5, 0.6) is 0 Å². The second-order valence-corrected chi connectivity index (χ2v) is 3.65. The van der Waals surface area contributed by atoms with Crippen LogP contribution < -0.4 is 0 Å². The first-order valence-corrected chi connectivity index (χ1v) is 5.22. The molecule has 1 atom stereocenters. The summed E-state index contributed by atoms with van der Waals surface area (Å²) in [7, 11) is 1.41. The fourth-order valence-corrected chi connectivity index (χ4v) is 1.73. The van der Waals surface area contributed by atoms with Gasteiger partial charge in [0.1, 0.15) is 7.11 Å². The van der Waals surface area contributed by atoms with Gasteiger partial charge in [-0.3, -0.25) is 9.59 Å². The lowest BCUT2D eigenvalue weighted by atomic mass is 10.2. The van der Waals surface area contributed by atoms with E-state index >= 15 is 0 Å². The van der Waals surface area contributed by atoms with E-state index in [0.29, 0.717) is 6.54 Å². The molecule has 7 nitrogen and oxygen atoms in total. The smallest absolute Gasteiger partial charge is 0.399 e. The summed E-state index contributed by atoms with van der Waals surface area (Å²) in [6.07, 6.45) is 3.05. The molecule has 1 fully saturated rings. The Kier molecular flexibility index (Phi) is 4.54. The molecule has 1 saturated heterocycles. The fourth-order valence-electron chi connectivity index (χ4n) is 1.73. The van der Waals surface area contributed by atoms with Crippen LogP contribution in [-0.2, 0) is 14.4 Å². The van der Waals surface area contributed by atoms with Gasteiger partial charge in [-0.05, 0) is 12.8 Å². The van der Waals surface area contributed by atoms with E-state index < -0.39 is 17.4 Å². The molecule has 0 aromatic heterocycles. The van der Waals surface area contributed by atoms with Gasteiger partial charge in [-0.1, -0.05) is 5.16 Å². The Labute approximate surface area is 98.6 Å². The molecule has 92 valence electrons. The van der Waals surface area contributed by atoms with E-state index in [-0.39, 0.29) is 6.04 Å². The Bertz CT molecular complexity index is 398. The number of nitrogens with zero attached hydrogens (tertiary/aromatic N) is 4. The van der Waals surface area contributed by atoms with E-state index in [9.17, 15) is 9.59 Å². The summed E-state index contributed by atoms with van der Waals surface area (Å²) in [5, 5.41) is 3.61. The standard InChI is InChI=1S/C10H14N4O3/c1-7(15)9(13-11)10(16)14-5-3-4-8(14)6-12-17-2/h6,8H,3-5H2,1-2H3/b12-6+. The summed E-state index contributed by atoms with van der Waals surface area (Å²) in [4.78, 5) is 31.7. The zero-order valence-corrected chi connectivity index (χ0v) is 9.79. The van der Waals surface area contributed by atoms with Crippen LogP contribution in [0, 0.1) is 0 Å². The minimum atomic E-state index is -0.579. The van der Waals surface area contributed by atoms with Gasteiger partial charge >= 0.3 is 11.6 Å². The van der Waals surface area contributed by atoms with Crippen LogP contribution in [0.25, 0.3) is 5.53 Å². The Balaban J connectivity index is 2.84. The molecule has 1 unspecified atom stereocenters. The maximum Gasteiger partial charge on any atom is 0.421 e. The summed E-state index contributed by atoms with van der Waals surface area (Å²) >= 11 is 0. The molecule has 0 radical (unpaired) electrons. The van der Waals surface area contributed by atoms with E-state index in [0.717, 1.165) is 12.8 Å². The van der Waals surface area contributed by atoms with E-state index in [1.54, 1.807) is 0 Å². The van der Waals surface area contributed by atoms with Crippen molar-refractivity contribution >= 4 is 23.6 Å². The number of amides is 1. The third-order valence-corrected chi connectivity index (χ3v) is 2.53. The summed E-state index contributed by atoms with van der Waals surface area (Å²) < 4.78 is 0. The number of likely N-dealkylation sites (tertiary alicyclic amines) is 1. The second-order valence-electron chi connectivity index (χ2n) is 3.65. The van der Waals surface area contributed by atoms with E-state index in [4.69, 9.17) is 5.53 Å². The molecule has 1 rings (SSSR count). The van der Waals surface area contributed by atoms with Crippen molar-refractivity contribution in [3.05, 3.63) is 5.53 Å². The number of rotatable bonds is 4. The van der Waals surface area contributed by atoms with Crippen molar-refractivity contribution in [2.75, 3.05) is 13.7 Å². The number of oxime groups is 1. The lowest BCUT2D eigenvalue weighted by molar-refractivity contribution is -0.131. The third-order valence-electron chi connectivity index (χ3n) is 2.53. The normalized spacial score (nSPS) is 19.2. The van der Waals surface area contributed by atoms with Crippen LogP contribution >= 0.6 is 0 Å². The highest BCUT2D eigenvalue weighted by atomic mass is 16.6. The highest BCUT2D eigenvalue weighted by molar-refractivity contribution is 6.63. The van der Waals surface area contributed by atoms with Gasteiger partial charge in [0.2, 0.25) is 5.78 Å². The van der Waals surface area contributed by atoms with E-state index in [2.05, 4.69) is 14.8 Å². The third kappa shape index (κ3) is 2.98. The van der Waals surface area contributed by atoms with Crippen molar-refractivity contribution in [1.29, 1.82) is 0 Å². The number of carbonyl (C=O) groups excluding carboxylic acids is 2. The molecule has 0 aliphatic carbocycles. The van der Waals surface area contributed by atoms with Crippen molar-refractivity contribution < 1.29 is 19.2 Å². The average molecular weight is 238 g/mol. The Morgan fingerprint density at radius 1 is 1.59 bits per heavy atom. The van der Waals surface area contributed by atoms with Gasteiger partial charge in [-0.25, -0.2) is 0 Å². The minimum absolute atomic E-state index is 0.224. The van der Waals surface area contributed by atoms with Crippen molar-refractivity contribution in [1.82, 2.24) is 4.90 Å². The number of hydrogen-bond acceptors (Lipinski definition) is 4. The van der Waals surface area contributed by atoms with Crippen LogP contribution in [0.4, 0.5) is 0 Å². The molecule has 1 amide bonds. The van der Waals surface area contributed by atoms with Crippen LogP contribution in [0.2, 0.25) is 0 Å². The summed E-state index contributed by atoms with van der Waals surface area (Å²) in [6.45, 7) is 1.69. The molecule has 0 aromatic carbocycles. The lowest BCUT2D eigenvalue weighted by Crippen LogP contribution is -2.43. The number of hydrogen-bond donors (Lipinski definition) is 0. The topological polar surface area (TPSA) is 95.4 Å². The molecular weight excluding hydrogens is 224 g/mol. The highest BCUT2D eigenvalue weighted by Gasteiger charge is 2.36. The number of Topliss-reactive ketones (excluding diaryl/α,β-unsaturated/α-hetero) is 1. The number of ketones is 1. The quantitative estimate of drug-likeness (QED) is 0.224. The van der Waals surface area contributed by atoms with Gasteiger partial charge in [0.15, 0.2) is 0 Å². The Morgan fingerprint density at radius 3 is 2.82 bits per heavy atom. The van der Waals surface area contributed by atoms with Gasteiger partial charge < -0.3 is 15.3 Å². The molecule has 0 aromatic rings. The first kappa shape index (κ1) is 13.1. The summed E-state index contributed by atoms with van der Waals surface area (Å²) in [5.41, 5.74) is 8.20. The average Bonchev–Trinajstić information content (AvgIpc) is 2.74. The molecule has 0 spiro atoms. The maximum absolute atomic E-state index is 11.9. The van der Waals surface area contributed by atoms with Crippen LogP contribution in [0.1, 0.15) is 19.8 Å². The lowest BCUT2D eigenvalue weighted by Gasteiger charge is -2.18. The summed E-state index contributed by atoms with van der Waals surface area (Å²) in [5.74, 6) is -1.14. The SMILES string of the molecule is CO/N=C/C1CCCN1C(=O)C(=[N+]=[N-])C(C)=O. The van der Waals surface area contributed by atoms with E-state index in [1.807, 2.05) is 0 Å². The van der Waals surface area contributed by atoms with Crippen molar-refractivity contribution in [2.45, 2.75) is 25.8 Å². The molecule has 1 heterocycles. The van der Waals surface area contributed by atoms with Gasteiger partial charge in [-0.15, -0.1) is 0 Å². The first-order chi connectivity index (χ1) is 8.11. The molecule has 0 saturated carbocycles. The monoisotopic (exact) mass is 238 g/mol. The minimum Gasteiger partial charge on any atom is -0.399 e. The van der Waals surface area contributed by atoms with Crippen LogP contribution in [0.15, 0.2) is 5.16 Å². The van der Waals surface area contributed by atoms with Crippen molar-refractivity contribution in [3.8, 4) is 0 Å². The number of carbonyl (C=O) groups is 2. The fraction of sp³-hybridized carbons (Fsp3) is 0.600. The van der Waals surface area contributed by atoms with Crippen LogP contribution in [-0.4, -0.2) is 53.0 Å². The summed E-state index contributed by atoms with van der Waals surface area (Å²) in [6, 6.07) is -0.224. The van der Waals surface area contributed by atoms with Crippen molar-refractivity contribution in [3.63, 3.8) is 0 Å². The van der Waals surface area contributed by atoms with Crippen LogP contribution in [0.3, 0.4) is 0 Å². The largest absolute Gasteiger partial charge is 0.421 e. The molecule has 7 heteroatoms. The predicted octanol–water partition coefficient (Wildman–Crippen LogP) is -0.131. The predicted molar refractivity (Wildman–Crippen MR) is 59.5 cm³/mol. The molecule has 1 aliphatic heterocycles. The highest BCUT2D eigenvalue weighted by Crippen LogP contribution is 2.16. The Morgan fingerprint density at radius 2 is 2.29 bits per heavy atom. The van der Waals surface area contributed by atoms with Gasteiger partial charge in [-0.2, -0.15) is 4.79 Å². The second kappa shape index (κ2) is 5.91. The maximum atomic E-state index is 11.9. The molecule has 0 bridgehead atoms. The van der Waals surface area contributed by atoms with Gasteiger partial charge in [0, 0.05) is 13.5 Å². The zero-order valence-electron chi connectivity index (χ0n) is 9.79. The van der Waals surface area contributed by atoms with Gasteiger partial charge in [0.25, 0.3) is 0 Å². The first-order valence-electron chi connectivity index (χ1n) is 5.22. The van der Waals surface area contributed by atoms with Crippen molar-refractivity contribution in [2.24, 2.45) is 5.16 Å². The molecular formula is C10H14N4O3. The molecule has 0 N–H and O–H groups in total.